The molecular weight excluding hydrogens is 465 g/mol. The zero-order valence-electron chi connectivity index (χ0n) is 17.1. The van der Waals surface area contributed by atoms with Crippen molar-refractivity contribution in [2.75, 3.05) is 18.0 Å². The van der Waals surface area contributed by atoms with E-state index in [1.54, 1.807) is 23.1 Å². The monoisotopic (exact) mass is 483 g/mol. The Hall–Kier alpha value is -2.50. The number of amides is 2. The van der Waals surface area contributed by atoms with Crippen molar-refractivity contribution >= 4 is 57.8 Å². The van der Waals surface area contributed by atoms with E-state index in [0.29, 0.717) is 27.3 Å². The van der Waals surface area contributed by atoms with E-state index < -0.39 is 0 Å². The zero-order chi connectivity index (χ0) is 22.2. The number of carbonyl (C=O) groups excluding carboxylic acids is 1. The van der Waals surface area contributed by atoms with E-state index in [2.05, 4.69) is 28.8 Å². The summed E-state index contributed by atoms with van der Waals surface area (Å²) in [5.74, 6) is 0. The van der Waals surface area contributed by atoms with Crippen LogP contribution in [0.1, 0.15) is 17.5 Å². The maximum absolute atomic E-state index is 13.1. The molecule has 7 heteroatoms. The number of hydrogen-bond acceptors (Lipinski definition) is 2. The number of halogens is 3. The van der Waals surface area contributed by atoms with Crippen LogP contribution in [0.5, 0.6) is 0 Å². The normalized spacial score (nSPS) is 15.8. The molecule has 5 rings (SSSR count). The van der Waals surface area contributed by atoms with Gasteiger partial charge in [0.25, 0.3) is 0 Å². The number of rotatable bonds is 3. The summed E-state index contributed by atoms with van der Waals surface area (Å²) < 4.78 is 0. The van der Waals surface area contributed by atoms with Crippen LogP contribution in [0.2, 0.25) is 15.1 Å². The van der Waals surface area contributed by atoms with Gasteiger partial charge >= 0.3 is 6.03 Å². The van der Waals surface area contributed by atoms with Crippen LogP contribution in [0.15, 0.2) is 60.7 Å². The van der Waals surface area contributed by atoms with Crippen molar-refractivity contribution in [3.8, 4) is 11.1 Å². The topological polar surface area (TPSA) is 44.4 Å². The van der Waals surface area contributed by atoms with Gasteiger partial charge in [0.15, 0.2) is 0 Å². The summed E-state index contributed by atoms with van der Waals surface area (Å²) in [5, 5.41) is 7.80. The fourth-order valence-corrected chi connectivity index (χ4v) is 5.11. The van der Waals surface area contributed by atoms with Crippen molar-refractivity contribution in [1.29, 1.82) is 0 Å². The summed E-state index contributed by atoms with van der Waals surface area (Å²) in [6.07, 6.45) is 3.09. The molecule has 2 N–H and O–H groups in total. The van der Waals surface area contributed by atoms with Crippen LogP contribution < -0.4 is 15.5 Å². The predicted molar refractivity (Wildman–Crippen MR) is 133 cm³/mol. The van der Waals surface area contributed by atoms with E-state index >= 15 is 0 Å². The second kappa shape index (κ2) is 8.80. The van der Waals surface area contributed by atoms with Gasteiger partial charge in [0.2, 0.25) is 0 Å². The molecular formula is C25H20Cl3N3O. The molecule has 0 saturated carbocycles. The highest BCUT2D eigenvalue weighted by Crippen LogP contribution is 2.45. The standard InChI is InChI=1S/C25H20Cl3N3O/c26-20-5-2-1-4-17(20)18-12-16(15-8-10-29-11-9-15)13-23-19(18)14-30-25(32)31(23)24-21(27)6-3-7-22(24)28/h1-8,12-13,29H,9-11,14H2,(H,30,32). The van der Waals surface area contributed by atoms with Gasteiger partial charge in [-0.15, -0.1) is 0 Å². The number of benzene rings is 3. The van der Waals surface area contributed by atoms with E-state index in [0.717, 1.165) is 47.5 Å². The fourth-order valence-electron chi connectivity index (χ4n) is 4.31. The minimum absolute atomic E-state index is 0.269. The molecule has 0 aliphatic carbocycles. The molecule has 0 unspecified atom stereocenters. The third-order valence-corrected chi connectivity index (χ3v) is 6.79. The predicted octanol–water partition coefficient (Wildman–Crippen LogP) is 7.05. The average Bonchev–Trinajstić information content (AvgIpc) is 2.80. The Morgan fingerprint density at radius 1 is 0.875 bits per heavy atom. The lowest BCUT2D eigenvalue weighted by Gasteiger charge is -2.33. The van der Waals surface area contributed by atoms with E-state index in [-0.39, 0.29) is 6.03 Å². The molecule has 2 aliphatic heterocycles. The SMILES string of the molecule is O=C1NCc2c(-c3ccccc3Cl)cc(C3=CCNCC3)cc2N1c1c(Cl)cccc1Cl. The van der Waals surface area contributed by atoms with Gasteiger partial charge in [0.05, 0.1) is 21.4 Å². The third-order valence-electron chi connectivity index (χ3n) is 5.85. The first-order valence-corrected chi connectivity index (χ1v) is 11.5. The minimum Gasteiger partial charge on any atom is -0.333 e. The molecule has 0 radical (unpaired) electrons. The Morgan fingerprint density at radius 3 is 2.34 bits per heavy atom. The largest absolute Gasteiger partial charge is 0.333 e. The second-order valence-corrected chi connectivity index (χ2v) is 8.97. The average molecular weight is 485 g/mol. The molecule has 4 nitrogen and oxygen atoms in total. The number of urea groups is 1. The molecule has 3 aromatic carbocycles. The third kappa shape index (κ3) is 3.78. The highest BCUT2D eigenvalue weighted by atomic mass is 35.5. The van der Waals surface area contributed by atoms with Gasteiger partial charge in [-0.3, -0.25) is 4.90 Å². The number of nitrogens with one attached hydrogen (secondary N) is 2. The van der Waals surface area contributed by atoms with Crippen molar-refractivity contribution in [2.24, 2.45) is 0 Å². The summed E-state index contributed by atoms with van der Waals surface area (Å²) >= 11 is 19.6. The molecule has 0 bridgehead atoms. The van der Waals surface area contributed by atoms with Crippen LogP contribution in [-0.4, -0.2) is 19.1 Å². The van der Waals surface area contributed by atoms with Gasteiger partial charge in [0.1, 0.15) is 0 Å². The highest BCUT2D eigenvalue weighted by molar-refractivity contribution is 6.40. The van der Waals surface area contributed by atoms with E-state index in [1.165, 1.54) is 5.57 Å². The Bertz CT molecular complexity index is 1230. The van der Waals surface area contributed by atoms with Crippen molar-refractivity contribution in [1.82, 2.24) is 10.6 Å². The molecule has 0 aromatic heterocycles. The van der Waals surface area contributed by atoms with E-state index in [9.17, 15) is 4.79 Å². The van der Waals surface area contributed by atoms with Crippen molar-refractivity contribution in [3.05, 3.63) is 86.9 Å². The summed E-state index contributed by atoms with van der Waals surface area (Å²) in [6.45, 7) is 2.10. The van der Waals surface area contributed by atoms with Crippen LogP contribution in [-0.2, 0) is 6.54 Å². The van der Waals surface area contributed by atoms with Gasteiger partial charge in [-0.1, -0.05) is 65.1 Å². The van der Waals surface area contributed by atoms with Crippen molar-refractivity contribution in [2.45, 2.75) is 13.0 Å². The second-order valence-electron chi connectivity index (χ2n) is 7.75. The molecule has 3 aromatic rings. The quantitative estimate of drug-likeness (QED) is 0.418. The molecule has 0 saturated heterocycles. The van der Waals surface area contributed by atoms with Crippen LogP contribution >= 0.6 is 34.8 Å². The first kappa shape index (κ1) is 21.4. The van der Waals surface area contributed by atoms with Crippen molar-refractivity contribution in [3.63, 3.8) is 0 Å². The van der Waals surface area contributed by atoms with Gasteiger partial charge < -0.3 is 10.6 Å². The molecule has 162 valence electrons. The Kier molecular flexibility index (Phi) is 5.87. The number of carbonyl (C=O) groups is 1. The lowest BCUT2D eigenvalue weighted by atomic mass is 9.90. The van der Waals surface area contributed by atoms with Crippen LogP contribution in [0.3, 0.4) is 0 Å². The molecule has 32 heavy (non-hydrogen) atoms. The molecule has 0 atom stereocenters. The molecule has 2 heterocycles. The maximum atomic E-state index is 13.1. The molecule has 0 fully saturated rings. The first-order chi connectivity index (χ1) is 15.5. The summed E-state index contributed by atoms with van der Waals surface area (Å²) in [7, 11) is 0. The van der Waals surface area contributed by atoms with Crippen LogP contribution in [0.25, 0.3) is 16.7 Å². The van der Waals surface area contributed by atoms with Crippen molar-refractivity contribution < 1.29 is 4.79 Å². The van der Waals surface area contributed by atoms with Crippen LogP contribution in [0, 0.1) is 0 Å². The number of para-hydroxylation sites is 1. The van der Waals surface area contributed by atoms with E-state index in [1.807, 2.05) is 24.3 Å². The lowest BCUT2D eigenvalue weighted by Crippen LogP contribution is -2.41. The number of fused-ring (bicyclic) bond motifs is 1. The Labute approximate surface area is 201 Å². The van der Waals surface area contributed by atoms with Gasteiger partial charge in [0, 0.05) is 29.2 Å². The summed E-state index contributed by atoms with van der Waals surface area (Å²) in [5.41, 5.74) is 6.39. The summed E-state index contributed by atoms with van der Waals surface area (Å²) in [4.78, 5) is 14.7. The molecule has 2 amide bonds. The number of hydrogen-bond donors (Lipinski definition) is 2. The number of anilines is 2. The van der Waals surface area contributed by atoms with Gasteiger partial charge in [-0.2, -0.15) is 0 Å². The molecule has 0 spiro atoms. The van der Waals surface area contributed by atoms with Crippen LogP contribution in [0.4, 0.5) is 16.2 Å². The smallest absolute Gasteiger partial charge is 0.326 e. The maximum Gasteiger partial charge on any atom is 0.326 e. The van der Waals surface area contributed by atoms with Gasteiger partial charge in [-0.25, -0.2) is 4.79 Å². The Balaban J connectivity index is 1.80. The Morgan fingerprint density at radius 2 is 1.62 bits per heavy atom. The first-order valence-electron chi connectivity index (χ1n) is 10.4. The highest BCUT2D eigenvalue weighted by Gasteiger charge is 2.31. The van der Waals surface area contributed by atoms with E-state index in [4.69, 9.17) is 34.8 Å². The summed E-state index contributed by atoms with van der Waals surface area (Å²) in [6, 6.07) is 17.0. The lowest BCUT2D eigenvalue weighted by molar-refractivity contribution is 0.247. The minimum atomic E-state index is -0.269. The fraction of sp³-hybridized carbons (Fsp3) is 0.160. The molecule has 2 aliphatic rings. The number of nitrogens with zero attached hydrogens (tertiary/aromatic N) is 1. The van der Waals surface area contributed by atoms with Gasteiger partial charge in [-0.05, 0) is 60.0 Å². The zero-order valence-corrected chi connectivity index (χ0v) is 19.4.